The van der Waals surface area contributed by atoms with E-state index in [0.29, 0.717) is 18.3 Å². The average Bonchev–Trinajstić information content (AvgIpc) is 3.19. The molecule has 1 fully saturated rings. The lowest BCUT2D eigenvalue weighted by Gasteiger charge is -2.23. The lowest BCUT2D eigenvalue weighted by atomic mass is 10.2. The summed E-state index contributed by atoms with van der Waals surface area (Å²) in [4.78, 5) is 15.1. The fourth-order valence-corrected chi connectivity index (χ4v) is 5.05. The largest absolute Gasteiger partial charge is 0.350 e. The van der Waals surface area contributed by atoms with Crippen molar-refractivity contribution in [3.8, 4) is 0 Å². The Morgan fingerprint density at radius 3 is 2.66 bits per heavy atom. The van der Waals surface area contributed by atoms with E-state index in [4.69, 9.17) is 11.6 Å². The van der Waals surface area contributed by atoms with Gasteiger partial charge in [-0.1, -0.05) is 36.7 Å². The fraction of sp³-hybridized carbons (Fsp3) is 0.381. The van der Waals surface area contributed by atoms with Crippen molar-refractivity contribution in [1.29, 1.82) is 0 Å². The number of rotatable bonds is 7. The van der Waals surface area contributed by atoms with Gasteiger partial charge in [0, 0.05) is 19.6 Å². The second-order valence-corrected chi connectivity index (χ2v) is 9.46. The molecule has 3 rings (SSSR count). The molecule has 0 radical (unpaired) electrons. The molecule has 6 nitrogen and oxygen atoms in total. The summed E-state index contributed by atoms with van der Waals surface area (Å²) in [5, 5.41) is 3.14. The molecule has 1 unspecified atom stereocenters. The molecule has 156 valence electrons. The average molecular weight is 436 g/mol. The van der Waals surface area contributed by atoms with Crippen LogP contribution in [-0.2, 0) is 10.0 Å². The SMILES string of the molecule is CCN1CCCC1CNC(=O)c1cc(S(=O)(=O)N(C)c2ccccc2)ccc1Cl. The molecule has 1 aliphatic heterocycles. The Labute approximate surface area is 177 Å². The van der Waals surface area contributed by atoms with Gasteiger partial charge in [-0.3, -0.25) is 14.0 Å². The molecule has 1 heterocycles. The van der Waals surface area contributed by atoms with E-state index in [9.17, 15) is 13.2 Å². The third kappa shape index (κ3) is 4.74. The van der Waals surface area contributed by atoms with Gasteiger partial charge in [0.05, 0.1) is 21.2 Å². The number of sulfonamides is 1. The van der Waals surface area contributed by atoms with Crippen LogP contribution in [0.15, 0.2) is 53.4 Å². The maximum atomic E-state index is 13.0. The number of amides is 1. The zero-order valence-electron chi connectivity index (χ0n) is 16.6. The number of nitrogens with zero attached hydrogens (tertiary/aromatic N) is 2. The van der Waals surface area contributed by atoms with Crippen molar-refractivity contribution in [3.63, 3.8) is 0 Å². The number of para-hydroxylation sites is 1. The summed E-state index contributed by atoms with van der Waals surface area (Å²) in [6.45, 7) is 4.61. The Kier molecular flexibility index (Phi) is 6.82. The van der Waals surface area contributed by atoms with Gasteiger partial charge < -0.3 is 5.32 Å². The first-order chi connectivity index (χ1) is 13.8. The zero-order chi connectivity index (χ0) is 21.0. The Morgan fingerprint density at radius 1 is 1.24 bits per heavy atom. The minimum Gasteiger partial charge on any atom is -0.350 e. The van der Waals surface area contributed by atoms with Crippen LogP contribution in [0.4, 0.5) is 5.69 Å². The van der Waals surface area contributed by atoms with Crippen LogP contribution in [0.25, 0.3) is 0 Å². The number of likely N-dealkylation sites (N-methyl/N-ethyl adjacent to an activating group) is 1. The summed E-state index contributed by atoms with van der Waals surface area (Å²) in [6.07, 6.45) is 2.16. The number of halogens is 1. The van der Waals surface area contributed by atoms with Crippen LogP contribution in [0.5, 0.6) is 0 Å². The molecule has 0 spiro atoms. The number of carbonyl (C=O) groups excluding carboxylic acids is 1. The third-order valence-electron chi connectivity index (χ3n) is 5.36. The minimum atomic E-state index is -3.82. The summed E-state index contributed by atoms with van der Waals surface area (Å²) in [6, 6.07) is 13.3. The highest BCUT2D eigenvalue weighted by Crippen LogP contribution is 2.26. The molecule has 8 heteroatoms. The third-order valence-corrected chi connectivity index (χ3v) is 7.48. The first-order valence-electron chi connectivity index (χ1n) is 9.70. The molecular formula is C21H26ClN3O3S. The Hall–Kier alpha value is -2.09. The second-order valence-electron chi connectivity index (χ2n) is 7.08. The normalized spacial score (nSPS) is 17.3. The number of likely N-dealkylation sites (tertiary alicyclic amines) is 1. The summed E-state index contributed by atoms with van der Waals surface area (Å²) in [5.41, 5.74) is 0.699. The number of nitrogens with one attached hydrogen (secondary N) is 1. The quantitative estimate of drug-likeness (QED) is 0.723. The number of carbonyl (C=O) groups is 1. The number of anilines is 1. The van der Waals surface area contributed by atoms with Crippen LogP contribution in [0, 0.1) is 0 Å². The molecule has 2 aromatic carbocycles. The van der Waals surface area contributed by atoms with Crippen molar-refractivity contribution >= 4 is 33.2 Å². The van der Waals surface area contributed by atoms with E-state index in [-0.39, 0.29) is 21.4 Å². The topological polar surface area (TPSA) is 69.7 Å². The standard InChI is InChI=1S/C21H26ClN3O3S/c1-3-25-13-7-10-17(25)15-23-21(26)19-14-18(11-12-20(19)22)29(27,28)24(2)16-8-5-4-6-9-16/h4-6,8-9,11-12,14,17H,3,7,10,13,15H2,1-2H3,(H,23,26). The maximum Gasteiger partial charge on any atom is 0.264 e. The van der Waals surface area contributed by atoms with Crippen molar-refractivity contribution in [2.24, 2.45) is 0 Å². The predicted octanol–water partition coefficient (Wildman–Crippen LogP) is 3.38. The molecule has 0 aliphatic carbocycles. The van der Waals surface area contributed by atoms with Crippen LogP contribution in [0.1, 0.15) is 30.1 Å². The van der Waals surface area contributed by atoms with Gasteiger partial charge in [-0.25, -0.2) is 8.42 Å². The predicted molar refractivity (Wildman–Crippen MR) is 116 cm³/mol. The van der Waals surface area contributed by atoms with Gasteiger partial charge in [-0.2, -0.15) is 0 Å². The van der Waals surface area contributed by atoms with Crippen molar-refractivity contribution in [1.82, 2.24) is 10.2 Å². The highest BCUT2D eigenvalue weighted by atomic mass is 35.5. The molecule has 1 aliphatic rings. The molecule has 2 aromatic rings. The molecule has 0 aromatic heterocycles. The van der Waals surface area contributed by atoms with Crippen molar-refractivity contribution in [3.05, 3.63) is 59.1 Å². The molecule has 1 N–H and O–H groups in total. The van der Waals surface area contributed by atoms with E-state index in [1.54, 1.807) is 24.3 Å². The monoisotopic (exact) mass is 435 g/mol. The van der Waals surface area contributed by atoms with E-state index in [0.717, 1.165) is 25.9 Å². The molecular weight excluding hydrogens is 410 g/mol. The van der Waals surface area contributed by atoms with Crippen LogP contribution >= 0.6 is 11.6 Å². The Morgan fingerprint density at radius 2 is 1.97 bits per heavy atom. The minimum absolute atomic E-state index is 0.0226. The molecule has 1 saturated heterocycles. The van der Waals surface area contributed by atoms with Crippen LogP contribution in [-0.4, -0.2) is 51.9 Å². The molecule has 29 heavy (non-hydrogen) atoms. The van der Waals surface area contributed by atoms with Crippen molar-refractivity contribution in [2.45, 2.75) is 30.7 Å². The van der Waals surface area contributed by atoms with Gasteiger partial charge >= 0.3 is 0 Å². The first kappa shape index (κ1) is 21.6. The lowest BCUT2D eigenvalue weighted by Crippen LogP contribution is -2.40. The van der Waals surface area contributed by atoms with Crippen molar-refractivity contribution < 1.29 is 13.2 Å². The number of benzene rings is 2. The summed E-state index contributed by atoms with van der Waals surface area (Å²) >= 11 is 6.21. The summed E-state index contributed by atoms with van der Waals surface area (Å²) in [5.74, 6) is -0.364. The van der Waals surface area contributed by atoms with Gasteiger partial charge in [0.15, 0.2) is 0 Å². The zero-order valence-corrected chi connectivity index (χ0v) is 18.2. The molecule has 0 saturated carbocycles. The molecule has 0 bridgehead atoms. The van der Waals surface area contributed by atoms with E-state index >= 15 is 0 Å². The lowest BCUT2D eigenvalue weighted by molar-refractivity contribution is 0.0941. The van der Waals surface area contributed by atoms with Gasteiger partial charge in [0.1, 0.15) is 0 Å². The van der Waals surface area contributed by atoms with E-state index < -0.39 is 10.0 Å². The van der Waals surface area contributed by atoms with Gasteiger partial charge in [0.2, 0.25) is 0 Å². The van der Waals surface area contributed by atoms with Crippen LogP contribution in [0.2, 0.25) is 5.02 Å². The highest BCUT2D eigenvalue weighted by molar-refractivity contribution is 7.92. The Bertz CT molecular complexity index is 966. The Balaban J connectivity index is 1.79. The van der Waals surface area contributed by atoms with Crippen LogP contribution < -0.4 is 9.62 Å². The van der Waals surface area contributed by atoms with Gasteiger partial charge in [-0.05, 0) is 56.3 Å². The highest BCUT2D eigenvalue weighted by Gasteiger charge is 2.26. The van der Waals surface area contributed by atoms with Crippen molar-refractivity contribution in [2.75, 3.05) is 31.0 Å². The maximum absolute atomic E-state index is 13.0. The van der Waals surface area contributed by atoms with E-state index in [1.165, 1.54) is 29.6 Å². The fourth-order valence-electron chi connectivity index (χ4n) is 3.62. The van der Waals surface area contributed by atoms with Gasteiger partial charge in [-0.15, -0.1) is 0 Å². The molecule has 1 atom stereocenters. The second kappa shape index (κ2) is 9.15. The molecule has 1 amide bonds. The number of hydrogen-bond acceptors (Lipinski definition) is 4. The summed E-state index contributed by atoms with van der Waals surface area (Å²) in [7, 11) is -2.34. The summed E-state index contributed by atoms with van der Waals surface area (Å²) < 4.78 is 27.2. The smallest absolute Gasteiger partial charge is 0.264 e. The van der Waals surface area contributed by atoms with E-state index in [2.05, 4.69) is 17.1 Å². The first-order valence-corrected chi connectivity index (χ1v) is 11.5. The number of hydrogen-bond donors (Lipinski definition) is 1. The van der Waals surface area contributed by atoms with Crippen LogP contribution in [0.3, 0.4) is 0 Å². The van der Waals surface area contributed by atoms with E-state index in [1.807, 2.05) is 6.07 Å². The van der Waals surface area contributed by atoms with Gasteiger partial charge in [0.25, 0.3) is 15.9 Å².